The van der Waals surface area contributed by atoms with E-state index in [1.54, 1.807) is 6.20 Å². The number of rotatable bonds is 5. The van der Waals surface area contributed by atoms with Crippen molar-refractivity contribution in [2.24, 2.45) is 0 Å². The van der Waals surface area contributed by atoms with Gasteiger partial charge in [0.25, 0.3) is 0 Å². The minimum Gasteiger partial charge on any atom is -0.496 e. The van der Waals surface area contributed by atoms with Gasteiger partial charge in [0.2, 0.25) is 0 Å². The lowest BCUT2D eigenvalue weighted by Crippen LogP contribution is -2.08. The highest BCUT2D eigenvalue weighted by Crippen LogP contribution is 2.21. The molecule has 0 aliphatic carbocycles. The third-order valence-electron chi connectivity index (χ3n) is 3.64. The lowest BCUT2D eigenvalue weighted by Gasteiger charge is -2.09. The highest BCUT2D eigenvalue weighted by Gasteiger charge is 2.12. The number of halogens is 1. The maximum Gasteiger partial charge on any atom is 0.310 e. The van der Waals surface area contributed by atoms with Gasteiger partial charge >= 0.3 is 5.97 Å². The summed E-state index contributed by atoms with van der Waals surface area (Å²) in [6.07, 6.45) is 1.95. The quantitative estimate of drug-likeness (QED) is 0.732. The average molecular weight is 313 g/mol. The molecule has 0 amide bonds. The van der Waals surface area contributed by atoms with E-state index in [0.29, 0.717) is 11.3 Å². The minimum absolute atomic E-state index is 0.0257. The Morgan fingerprint density at radius 3 is 2.83 bits per heavy atom. The molecule has 1 N–H and O–H groups in total. The van der Waals surface area contributed by atoms with E-state index in [4.69, 9.17) is 9.47 Å². The van der Waals surface area contributed by atoms with Crippen molar-refractivity contribution in [2.75, 3.05) is 7.11 Å². The molecule has 0 aliphatic rings. The van der Waals surface area contributed by atoms with Crippen molar-refractivity contribution >= 4 is 16.9 Å². The Kier molecular flexibility index (Phi) is 4.28. The van der Waals surface area contributed by atoms with Gasteiger partial charge in [-0.05, 0) is 29.8 Å². The van der Waals surface area contributed by atoms with Crippen molar-refractivity contribution in [2.45, 2.75) is 13.0 Å². The Hall–Kier alpha value is -2.82. The summed E-state index contributed by atoms with van der Waals surface area (Å²) < 4.78 is 23.7. The van der Waals surface area contributed by atoms with Gasteiger partial charge in [0.15, 0.2) is 0 Å². The number of carbonyl (C=O) groups excluding carboxylic acids is 1. The molecule has 0 saturated heterocycles. The molecule has 5 heteroatoms. The van der Waals surface area contributed by atoms with Gasteiger partial charge in [0, 0.05) is 22.7 Å². The van der Waals surface area contributed by atoms with Crippen LogP contribution >= 0.6 is 0 Å². The summed E-state index contributed by atoms with van der Waals surface area (Å²) in [6, 6.07) is 11.9. The van der Waals surface area contributed by atoms with Crippen LogP contribution in [0.3, 0.4) is 0 Å². The third kappa shape index (κ3) is 3.34. The summed E-state index contributed by atoms with van der Waals surface area (Å²) in [5.41, 5.74) is 2.35. The summed E-state index contributed by atoms with van der Waals surface area (Å²) >= 11 is 0. The first kappa shape index (κ1) is 15.1. The van der Waals surface area contributed by atoms with E-state index < -0.39 is 5.82 Å². The fraction of sp³-hybridized carbons (Fsp3) is 0.167. The average Bonchev–Trinajstić information content (AvgIpc) is 2.96. The molecule has 1 heterocycles. The number of nitrogens with one attached hydrogen (secondary N) is 1. The van der Waals surface area contributed by atoms with E-state index in [0.717, 1.165) is 16.5 Å². The van der Waals surface area contributed by atoms with E-state index in [9.17, 15) is 9.18 Å². The smallest absolute Gasteiger partial charge is 0.310 e. The van der Waals surface area contributed by atoms with Crippen LogP contribution < -0.4 is 4.74 Å². The maximum absolute atomic E-state index is 13.3. The molecule has 0 atom stereocenters. The molecule has 1 aromatic heterocycles. The molecule has 0 spiro atoms. The first-order chi connectivity index (χ1) is 11.2. The molecule has 3 rings (SSSR count). The maximum atomic E-state index is 13.3. The molecule has 4 nitrogen and oxygen atoms in total. The van der Waals surface area contributed by atoms with Gasteiger partial charge in [-0.15, -0.1) is 0 Å². The van der Waals surface area contributed by atoms with Crippen LogP contribution in [0.25, 0.3) is 10.9 Å². The summed E-state index contributed by atoms with van der Waals surface area (Å²) in [5, 5.41) is 0.993. The zero-order valence-electron chi connectivity index (χ0n) is 12.6. The summed E-state index contributed by atoms with van der Waals surface area (Å²) in [5.74, 6) is -0.277. The van der Waals surface area contributed by atoms with Gasteiger partial charge in [-0.2, -0.15) is 0 Å². The number of ether oxygens (including phenoxy) is 2. The number of hydrogen-bond donors (Lipinski definition) is 1. The Labute approximate surface area is 132 Å². The van der Waals surface area contributed by atoms with Crippen LogP contribution in [0.5, 0.6) is 5.75 Å². The Morgan fingerprint density at radius 2 is 2.00 bits per heavy atom. The molecule has 3 aromatic rings. The number of aromatic amines is 1. The Balaban J connectivity index is 1.67. The lowest BCUT2D eigenvalue weighted by molar-refractivity contribution is -0.144. The predicted octanol–water partition coefficient (Wildman–Crippen LogP) is 3.60. The van der Waals surface area contributed by atoms with Crippen LogP contribution in [0, 0.1) is 5.82 Å². The number of methoxy groups -OCH3 is 1. The molecular formula is C18H16FNO3. The molecule has 0 radical (unpaired) electrons. The van der Waals surface area contributed by atoms with E-state index in [2.05, 4.69) is 4.98 Å². The summed E-state index contributed by atoms with van der Waals surface area (Å²) in [7, 11) is 1.49. The number of carbonyl (C=O) groups is 1. The monoisotopic (exact) mass is 313 g/mol. The predicted molar refractivity (Wildman–Crippen MR) is 84.8 cm³/mol. The van der Waals surface area contributed by atoms with Crippen LogP contribution in [0.15, 0.2) is 48.7 Å². The fourth-order valence-corrected chi connectivity index (χ4v) is 2.50. The van der Waals surface area contributed by atoms with Crippen molar-refractivity contribution in [3.63, 3.8) is 0 Å². The first-order valence-electron chi connectivity index (χ1n) is 7.20. The van der Waals surface area contributed by atoms with Crippen molar-refractivity contribution in [3.8, 4) is 5.75 Å². The Morgan fingerprint density at radius 1 is 1.17 bits per heavy atom. The lowest BCUT2D eigenvalue weighted by atomic mass is 10.1. The number of benzene rings is 2. The van der Waals surface area contributed by atoms with Gasteiger partial charge < -0.3 is 14.5 Å². The molecule has 118 valence electrons. The van der Waals surface area contributed by atoms with Crippen LogP contribution in [-0.2, 0) is 22.6 Å². The van der Waals surface area contributed by atoms with Gasteiger partial charge in [-0.1, -0.05) is 18.2 Å². The number of fused-ring (bicyclic) bond motifs is 1. The molecule has 0 bridgehead atoms. The fourth-order valence-electron chi connectivity index (χ4n) is 2.50. The van der Waals surface area contributed by atoms with Gasteiger partial charge in [0.1, 0.15) is 18.2 Å². The van der Waals surface area contributed by atoms with E-state index in [-0.39, 0.29) is 19.0 Å². The number of esters is 1. The normalized spacial score (nSPS) is 10.7. The molecule has 0 aliphatic heterocycles. The first-order valence-corrected chi connectivity index (χ1v) is 7.20. The van der Waals surface area contributed by atoms with E-state index in [1.807, 2.05) is 24.3 Å². The SMILES string of the molecule is COc1ccc(F)cc1COC(=O)Cc1c[nH]c2ccccc12. The Bertz CT molecular complexity index is 841. The number of aromatic nitrogens is 1. The number of para-hydroxylation sites is 1. The van der Waals surface area contributed by atoms with Crippen LogP contribution in [-0.4, -0.2) is 18.1 Å². The molecular weight excluding hydrogens is 297 g/mol. The van der Waals surface area contributed by atoms with Crippen LogP contribution in [0.2, 0.25) is 0 Å². The van der Waals surface area contributed by atoms with Crippen molar-refractivity contribution < 1.29 is 18.7 Å². The largest absolute Gasteiger partial charge is 0.496 e. The van der Waals surface area contributed by atoms with Crippen molar-refractivity contribution in [1.29, 1.82) is 0 Å². The van der Waals surface area contributed by atoms with Gasteiger partial charge in [0.05, 0.1) is 13.5 Å². The minimum atomic E-state index is -0.395. The second-order valence-corrected chi connectivity index (χ2v) is 5.15. The molecule has 2 aromatic carbocycles. The number of H-pyrrole nitrogens is 1. The third-order valence-corrected chi connectivity index (χ3v) is 3.64. The molecule has 23 heavy (non-hydrogen) atoms. The highest BCUT2D eigenvalue weighted by atomic mass is 19.1. The topological polar surface area (TPSA) is 51.3 Å². The second kappa shape index (κ2) is 6.52. The zero-order chi connectivity index (χ0) is 16.2. The van der Waals surface area contributed by atoms with Crippen LogP contribution in [0.4, 0.5) is 4.39 Å². The second-order valence-electron chi connectivity index (χ2n) is 5.15. The molecule has 0 fully saturated rings. The van der Waals surface area contributed by atoms with Crippen molar-refractivity contribution in [1.82, 2.24) is 4.98 Å². The van der Waals surface area contributed by atoms with Crippen molar-refractivity contribution in [3.05, 3.63) is 65.6 Å². The standard InChI is InChI=1S/C18H16FNO3/c1-22-17-7-6-14(19)8-13(17)11-23-18(21)9-12-10-20-16-5-3-2-4-15(12)16/h2-8,10,20H,9,11H2,1H3. The van der Waals surface area contributed by atoms with E-state index in [1.165, 1.54) is 25.3 Å². The molecule has 0 saturated carbocycles. The number of hydrogen-bond acceptors (Lipinski definition) is 3. The summed E-state index contributed by atoms with van der Waals surface area (Å²) in [6.45, 7) is -0.0257. The zero-order valence-corrected chi connectivity index (χ0v) is 12.6. The van der Waals surface area contributed by atoms with Gasteiger partial charge in [-0.3, -0.25) is 4.79 Å². The van der Waals surface area contributed by atoms with Gasteiger partial charge in [-0.25, -0.2) is 4.39 Å². The summed E-state index contributed by atoms with van der Waals surface area (Å²) in [4.78, 5) is 15.2. The van der Waals surface area contributed by atoms with Crippen LogP contribution in [0.1, 0.15) is 11.1 Å². The van der Waals surface area contributed by atoms with E-state index >= 15 is 0 Å². The molecule has 0 unspecified atom stereocenters. The highest BCUT2D eigenvalue weighted by molar-refractivity contribution is 5.87.